The minimum absolute atomic E-state index is 0.0478. The molecular formula is C13H20N2O. The fourth-order valence-electron chi connectivity index (χ4n) is 1.62. The Morgan fingerprint density at radius 3 is 2.50 bits per heavy atom. The molecule has 0 unspecified atom stereocenters. The lowest BCUT2D eigenvalue weighted by atomic mass is 9.85. The summed E-state index contributed by atoms with van der Waals surface area (Å²) >= 11 is 0. The van der Waals surface area contributed by atoms with E-state index in [-0.39, 0.29) is 17.9 Å². The summed E-state index contributed by atoms with van der Waals surface area (Å²) in [5.41, 5.74) is 6.58. The Labute approximate surface area is 97.0 Å². The number of nitrogens with two attached hydrogens (primary N) is 1. The van der Waals surface area contributed by atoms with Crippen LogP contribution in [-0.2, 0) is 11.2 Å². The van der Waals surface area contributed by atoms with Gasteiger partial charge in [-0.1, -0.05) is 44.2 Å². The third-order valence-electron chi connectivity index (χ3n) is 2.48. The summed E-state index contributed by atoms with van der Waals surface area (Å²) in [4.78, 5) is 11.1. The molecule has 0 heterocycles. The van der Waals surface area contributed by atoms with E-state index in [9.17, 15) is 4.79 Å². The van der Waals surface area contributed by atoms with E-state index in [1.165, 1.54) is 5.56 Å². The average Bonchev–Trinajstić information content (AvgIpc) is 2.27. The van der Waals surface area contributed by atoms with Crippen molar-refractivity contribution in [3.05, 3.63) is 35.9 Å². The SMILES string of the molecule is CC(C)(CNC(=O)CN)Cc1ccccc1. The standard InChI is InChI=1S/C13H20N2O/c1-13(2,10-15-12(16)9-14)8-11-6-4-3-5-7-11/h3-7H,8-10,14H2,1-2H3,(H,15,16). The minimum Gasteiger partial charge on any atom is -0.354 e. The van der Waals surface area contributed by atoms with Crippen molar-refractivity contribution in [1.82, 2.24) is 5.32 Å². The number of nitrogens with one attached hydrogen (secondary N) is 1. The molecule has 0 aliphatic heterocycles. The molecule has 0 aromatic heterocycles. The molecule has 3 nitrogen and oxygen atoms in total. The van der Waals surface area contributed by atoms with Crippen molar-refractivity contribution in [1.29, 1.82) is 0 Å². The lowest BCUT2D eigenvalue weighted by molar-refractivity contribution is -0.120. The first kappa shape index (κ1) is 12.7. The number of carbonyl (C=O) groups excluding carboxylic acids is 1. The Morgan fingerprint density at radius 2 is 1.94 bits per heavy atom. The van der Waals surface area contributed by atoms with Gasteiger partial charge in [0.25, 0.3) is 0 Å². The van der Waals surface area contributed by atoms with Crippen LogP contribution in [0.1, 0.15) is 19.4 Å². The molecule has 0 radical (unpaired) electrons. The van der Waals surface area contributed by atoms with Crippen molar-refractivity contribution in [3.8, 4) is 0 Å². The van der Waals surface area contributed by atoms with Gasteiger partial charge in [0.15, 0.2) is 0 Å². The van der Waals surface area contributed by atoms with Gasteiger partial charge in [-0.25, -0.2) is 0 Å². The molecule has 1 aromatic rings. The van der Waals surface area contributed by atoms with Crippen LogP contribution in [-0.4, -0.2) is 19.0 Å². The summed E-state index contributed by atoms with van der Waals surface area (Å²) < 4.78 is 0. The van der Waals surface area contributed by atoms with Gasteiger partial charge in [-0.15, -0.1) is 0 Å². The van der Waals surface area contributed by atoms with E-state index in [4.69, 9.17) is 5.73 Å². The van der Waals surface area contributed by atoms with Crippen molar-refractivity contribution in [3.63, 3.8) is 0 Å². The van der Waals surface area contributed by atoms with E-state index in [1.54, 1.807) is 0 Å². The second-order valence-corrected chi connectivity index (χ2v) is 4.81. The molecule has 1 rings (SSSR count). The molecule has 0 fully saturated rings. The Kier molecular flexibility index (Phi) is 4.50. The van der Waals surface area contributed by atoms with E-state index in [1.807, 2.05) is 18.2 Å². The molecule has 0 saturated carbocycles. The zero-order chi connectivity index (χ0) is 12.0. The van der Waals surface area contributed by atoms with Crippen molar-refractivity contribution in [2.24, 2.45) is 11.1 Å². The summed E-state index contributed by atoms with van der Waals surface area (Å²) in [5.74, 6) is -0.0962. The zero-order valence-electron chi connectivity index (χ0n) is 9.99. The first-order chi connectivity index (χ1) is 7.53. The van der Waals surface area contributed by atoms with Crippen molar-refractivity contribution in [2.75, 3.05) is 13.1 Å². The number of hydrogen-bond acceptors (Lipinski definition) is 2. The van der Waals surface area contributed by atoms with E-state index in [0.29, 0.717) is 6.54 Å². The molecule has 0 aliphatic carbocycles. The van der Waals surface area contributed by atoms with Crippen LogP contribution in [0.2, 0.25) is 0 Å². The Bertz CT molecular complexity index is 333. The number of carbonyl (C=O) groups is 1. The van der Waals surface area contributed by atoms with Gasteiger partial charge < -0.3 is 11.1 Å². The van der Waals surface area contributed by atoms with Crippen LogP contribution in [0.3, 0.4) is 0 Å². The third kappa shape index (κ3) is 4.45. The van der Waals surface area contributed by atoms with Gasteiger partial charge in [0, 0.05) is 6.54 Å². The van der Waals surface area contributed by atoms with E-state index < -0.39 is 0 Å². The maximum atomic E-state index is 11.1. The number of amides is 1. The van der Waals surface area contributed by atoms with Crippen LogP contribution < -0.4 is 11.1 Å². The topological polar surface area (TPSA) is 55.1 Å². The quantitative estimate of drug-likeness (QED) is 0.786. The van der Waals surface area contributed by atoms with Crippen LogP contribution in [0.15, 0.2) is 30.3 Å². The number of hydrogen-bond donors (Lipinski definition) is 2. The number of rotatable bonds is 5. The van der Waals surface area contributed by atoms with Gasteiger partial charge in [0.05, 0.1) is 6.54 Å². The predicted molar refractivity (Wildman–Crippen MR) is 66.0 cm³/mol. The monoisotopic (exact) mass is 220 g/mol. The lowest BCUT2D eigenvalue weighted by Gasteiger charge is -2.25. The normalized spacial score (nSPS) is 11.2. The molecule has 1 amide bonds. The van der Waals surface area contributed by atoms with E-state index in [2.05, 4.69) is 31.3 Å². The molecule has 3 N–H and O–H groups in total. The first-order valence-electron chi connectivity index (χ1n) is 5.54. The molecule has 0 saturated heterocycles. The van der Waals surface area contributed by atoms with E-state index >= 15 is 0 Å². The summed E-state index contributed by atoms with van der Waals surface area (Å²) in [6, 6.07) is 10.3. The van der Waals surface area contributed by atoms with Crippen LogP contribution in [0.5, 0.6) is 0 Å². The smallest absolute Gasteiger partial charge is 0.233 e. The van der Waals surface area contributed by atoms with Crippen molar-refractivity contribution in [2.45, 2.75) is 20.3 Å². The molecular weight excluding hydrogens is 200 g/mol. The molecule has 0 atom stereocenters. The highest BCUT2D eigenvalue weighted by atomic mass is 16.1. The highest BCUT2D eigenvalue weighted by Crippen LogP contribution is 2.20. The fourth-order valence-corrected chi connectivity index (χ4v) is 1.62. The molecule has 3 heteroatoms. The second kappa shape index (κ2) is 5.66. The highest BCUT2D eigenvalue weighted by Gasteiger charge is 2.18. The fraction of sp³-hybridized carbons (Fsp3) is 0.462. The highest BCUT2D eigenvalue weighted by molar-refractivity contribution is 5.77. The zero-order valence-corrected chi connectivity index (χ0v) is 9.99. The molecule has 1 aromatic carbocycles. The largest absolute Gasteiger partial charge is 0.354 e. The summed E-state index contributed by atoms with van der Waals surface area (Å²) in [5, 5.41) is 2.83. The Balaban J connectivity index is 2.48. The Morgan fingerprint density at radius 1 is 1.31 bits per heavy atom. The molecule has 88 valence electrons. The van der Waals surface area contributed by atoms with Crippen molar-refractivity contribution >= 4 is 5.91 Å². The maximum Gasteiger partial charge on any atom is 0.233 e. The lowest BCUT2D eigenvalue weighted by Crippen LogP contribution is -2.38. The van der Waals surface area contributed by atoms with Gasteiger partial charge in [0.2, 0.25) is 5.91 Å². The maximum absolute atomic E-state index is 11.1. The minimum atomic E-state index is -0.0962. The van der Waals surface area contributed by atoms with Gasteiger partial charge in [-0.2, -0.15) is 0 Å². The van der Waals surface area contributed by atoms with Crippen LogP contribution in [0.25, 0.3) is 0 Å². The summed E-state index contributed by atoms with van der Waals surface area (Å²) in [6.45, 7) is 4.98. The van der Waals surface area contributed by atoms with Crippen LogP contribution >= 0.6 is 0 Å². The van der Waals surface area contributed by atoms with Crippen molar-refractivity contribution < 1.29 is 4.79 Å². The molecule has 16 heavy (non-hydrogen) atoms. The Hall–Kier alpha value is -1.35. The molecule has 0 spiro atoms. The van der Waals surface area contributed by atoms with Crippen LogP contribution in [0.4, 0.5) is 0 Å². The number of benzene rings is 1. The average molecular weight is 220 g/mol. The van der Waals surface area contributed by atoms with Crippen LogP contribution in [0, 0.1) is 5.41 Å². The van der Waals surface area contributed by atoms with Gasteiger partial charge in [-0.05, 0) is 17.4 Å². The first-order valence-corrected chi connectivity index (χ1v) is 5.54. The summed E-state index contributed by atoms with van der Waals surface area (Å²) in [7, 11) is 0. The molecule has 0 bridgehead atoms. The van der Waals surface area contributed by atoms with Gasteiger partial charge >= 0.3 is 0 Å². The predicted octanol–water partition coefficient (Wildman–Crippen LogP) is 1.33. The van der Waals surface area contributed by atoms with Gasteiger partial charge in [-0.3, -0.25) is 4.79 Å². The van der Waals surface area contributed by atoms with Gasteiger partial charge in [0.1, 0.15) is 0 Å². The second-order valence-electron chi connectivity index (χ2n) is 4.81. The van der Waals surface area contributed by atoms with E-state index in [0.717, 1.165) is 6.42 Å². The molecule has 0 aliphatic rings. The third-order valence-corrected chi connectivity index (χ3v) is 2.48. The summed E-state index contributed by atoms with van der Waals surface area (Å²) in [6.07, 6.45) is 0.943.